The summed E-state index contributed by atoms with van der Waals surface area (Å²) >= 11 is 0. The first-order valence-electron chi connectivity index (χ1n) is 8.61. The molecule has 0 spiro atoms. The molecule has 25 heavy (non-hydrogen) atoms. The Bertz CT molecular complexity index is 837. The van der Waals surface area contributed by atoms with E-state index in [2.05, 4.69) is 85.5 Å². The number of aryl methyl sites for hydroxylation is 1. The van der Waals surface area contributed by atoms with Crippen molar-refractivity contribution < 1.29 is 0 Å². The molecule has 0 atom stereocenters. The topological polar surface area (TPSA) is 19.4 Å². The molecule has 1 aromatic heterocycles. The lowest BCUT2D eigenvalue weighted by molar-refractivity contribution is 0.559. The zero-order chi connectivity index (χ0) is 18.0. The lowest BCUT2D eigenvalue weighted by atomic mass is 9.99. The van der Waals surface area contributed by atoms with E-state index in [0.717, 1.165) is 29.9 Å². The van der Waals surface area contributed by atoms with E-state index in [-0.39, 0.29) is 0 Å². The van der Waals surface area contributed by atoms with E-state index in [0.29, 0.717) is 0 Å². The van der Waals surface area contributed by atoms with Crippen molar-refractivity contribution in [2.45, 2.75) is 27.2 Å². The molecule has 1 aromatic rings. The van der Waals surface area contributed by atoms with Crippen LogP contribution in [0, 0.1) is 6.92 Å². The van der Waals surface area contributed by atoms with Gasteiger partial charge in [-0.3, -0.25) is 4.98 Å². The van der Waals surface area contributed by atoms with E-state index < -0.39 is 0 Å². The Balaban J connectivity index is 1.77. The number of hydrogen-bond acceptors (Lipinski definition) is 3. The fraction of sp³-hybridized carbons (Fsp3) is 0.227. The summed E-state index contributed by atoms with van der Waals surface area (Å²) in [6.07, 6.45) is 17.5. The van der Waals surface area contributed by atoms with Gasteiger partial charge in [-0.05, 0) is 54.7 Å². The maximum absolute atomic E-state index is 4.31. The van der Waals surface area contributed by atoms with E-state index >= 15 is 0 Å². The zero-order valence-electron chi connectivity index (χ0n) is 15.3. The van der Waals surface area contributed by atoms with E-state index in [1.54, 1.807) is 0 Å². The molecule has 2 aliphatic heterocycles. The van der Waals surface area contributed by atoms with Crippen LogP contribution in [-0.4, -0.2) is 21.3 Å². The SMILES string of the molecule is C=C1C=CC(CC)=CN1/C=C(\C)CN1C=Cc2c(C)cncc2C1=C. The molecule has 0 fully saturated rings. The summed E-state index contributed by atoms with van der Waals surface area (Å²) in [5, 5.41) is 0. The number of nitrogens with zero attached hydrogens (tertiary/aromatic N) is 3. The number of aromatic nitrogens is 1. The minimum atomic E-state index is 0.783. The maximum Gasteiger partial charge on any atom is 0.0450 e. The predicted molar refractivity (Wildman–Crippen MR) is 106 cm³/mol. The second kappa shape index (κ2) is 6.98. The first-order chi connectivity index (χ1) is 12.0. The molecule has 0 aliphatic carbocycles. The summed E-state index contributed by atoms with van der Waals surface area (Å²) in [7, 11) is 0. The minimum absolute atomic E-state index is 0.783. The van der Waals surface area contributed by atoms with Crippen LogP contribution in [0.5, 0.6) is 0 Å². The molecule has 0 unspecified atom stereocenters. The number of allylic oxidation sites excluding steroid dienone is 3. The van der Waals surface area contributed by atoms with Crippen LogP contribution < -0.4 is 0 Å². The summed E-state index contributed by atoms with van der Waals surface area (Å²) in [6, 6.07) is 0. The van der Waals surface area contributed by atoms with Gasteiger partial charge in [0.05, 0.1) is 0 Å². The molecule has 0 amide bonds. The van der Waals surface area contributed by atoms with Crippen LogP contribution in [0.25, 0.3) is 11.8 Å². The molecule has 2 aliphatic rings. The van der Waals surface area contributed by atoms with Crippen molar-refractivity contribution in [1.82, 2.24) is 14.8 Å². The van der Waals surface area contributed by atoms with Gasteiger partial charge in [-0.2, -0.15) is 0 Å². The van der Waals surface area contributed by atoms with Crippen LogP contribution in [0.2, 0.25) is 0 Å². The molecule has 3 heteroatoms. The normalized spacial score (nSPS) is 17.1. The quantitative estimate of drug-likeness (QED) is 0.753. The fourth-order valence-electron chi connectivity index (χ4n) is 3.05. The van der Waals surface area contributed by atoms with Crippen LogP contribution >= 0.6 is 0 Å². The zero-order valence-corrected chi connectivity index (χ0v) is 15.3. The molecule has 3 rings (SSSR count). The molecular formula is C22H25N3. The average Bonchev–Trinajstić information content (AvgIpc) is 2.60. The van der Waals surface area contributed by atoms with Crippen LogP contribution in [-0.2, 0) is 0 Å². The van der Waals surface area contributed by atoms with E-state index in [1.165, 1.54) is 22.3 Å². The predicted octanol–water partition coefficient (Wildman–Crippen LogP) is 5.23. The maximum atomic E-state index is 4.31. The van der Waals surface area contributed by atoms with Gasteiger partial charge < -0.3 is 9.80 Å². The number of pyridine rings is 1. The summed E-state index contributed by atoms with van der Waals surface area (Å²) < 4.78 is 0. The van der Waals surface area contributed by atoms with E-state index in [4.69, 9.17) is 0 Å². The molecule has 0 radical (unpaired) electrons. The van der Waals surface area contributed by atoms with Crippen LogP contribution in [0.15, 0.2) is 73.1 Å². The van der Waals surface area contributed by atoms with E-state index in [1.807, 2.05) is 12.4 Å². The summed E-state index contributed by atoms with van der Waals surface area (Å²) in [4.78, 5) is 8.58. The van der Waals surface area contributed by atoms with Gasteiger partial charge in [0, 0.05) is 54.5 Å². The largest absolute Gasteiger partial charge is 0.344 e. The second-order valence-electron chi connectivity index (χ2n) is 6.57. The van der Waals surface area contributed by atoms with Crippen molar-refractivity contribution in [3.8, 4) is 0 Å². The van der Waals surface area contributed by atoms with Crippen molar-refractivity contribution in [2.24, 2.45) is 0 Å². The molecule has 0 saturated heterocycles. The second-order valence-corrected chi connectivity index (χ2v) is 6.57. The molecule has 3 nitrogen and oxygen atoms in total. The summed E-state index contributed by atoms with van der Waals surface area (Å²) in [5.41, 5.74) is 8.00. The lowest BCUT2D eigenvalue weighted by Crippen LogP contribution is -2.22. The van der Waals surface area contributed by atoms with Gasteiger partial charge in [0.1, 0.15) is 0 Å². The Labute approximate surface area is 150 Å². The Morgan fingerprint density at radius 2 is 2.00 bits per heavy atom. The van der Waals surface area contributed by atoms with Crippen LogP contribution in [0.1, 0.15) is 37.0 Å². The number of fused-ring (bicyclic) bond motifs is 1. The molecule has 0 bridgehead atoms. The molecule has 3 heterocycles. The highest BCUT2D eigenvalue weighted by atomic mass is 15.1. The monoisotopic (exact) mass is 331 g/mol. The lowest BCUT2D eigenvalue weighted by Gasteiger charge is -2.29. The van der Waals surface area contributed by atoms with Crippen LogP contribution in [0.4, 0.5) is 0 Å². The van der Waals surface area contributed by atoms with Gasteiger partial charge in [-0.1, -0.05) is 26.2 Å². The van der Waals surface area contributed by atoms with E-state index in [9.17, 15) is 0 Å². The Hall–Kier alpha value is -2.81. The number of hydrogen-bond donors (Lipinski definition) is 0. The summed E-state index contributed by atoms with van der Waals surface area (Å²) in [5.74, 6) is 0. The molecular weight excluding hydrogens is 306 g/mol. The molecule has 0 N–H and O–H groups in total. The van der Waals surface area contributed by atoms with Crippen LogP contribution in [0.3, 0.4) is 0 Å². The highest BCUT2D eigenvalue weighted by Gasteiger charge is 2.17. The van der Waals surface area contributed by atoms with Crippen molar-refractivity contribution in [2.75, 3.05) is 6.54 Å². The van der Waals surface area contributed by atoms with Crippen molar-refractivity contribution in [1.29, 1.82) is 0 Å². The standard InChI is InChI=1S/C22H25N3/c1-6-20-8-7-18(4)25(15-20)14-16(2)13-24-10-9-21-17(3)11-23-12-22(21)19(24)5/h7-12,14-15H,4-6,13H2,1-3H3/b16-14+. The van der Waals surface area contributed by atoms with Gasteiger partial charge in [-0.15, -0.1) is 0 Å². The fourth-order valence-corrected chi connectivity index (χ4v) is 3.05. The third-order valence-corrected chi connectivity index (χ3v) is 4.58. The third-order valence-electron chi connectivity index (χ3n) is 4.58. The van der Waals surface area contributed by atoms with Crippen molar-refractivity contribution in [3.63, 3.8) is 0 Å². The smallest absolute Gasteiger partial charge is 0.0450 e. The van der Waals surface area contributed by atoms with Gasteiger partial charge in [-0.25, -0.2) is 0 Å². The van der Waals surface area contributed by atoms with Gasteiger partial charge in [0.25, 0.3) is 0 Å². The highest BCUT2D eigenvalue weighted by Crippen LogP contribution is 2.30. The Morgan fingerprint density at radius 1 is 1.20 bits per heavy atom. The van der Waals surface area contributed by atoms with Crippen molar-refractivity contribution >= 4 is 11.8 Å². The van der Waals surface area contributed by atoms with Gasteiger partial charge in [0.2, 0.25) is 0 Å². The van der Waals surface area contributed by atoms with Gasteiger partial charge >= 0.3 is 0 Å². The first-order valence-corrected chi connectivity index (χ1v) is 8.61. The van der Waals surface area contributed by atoms with Gasteiger partial charge in [0.15, 0.2) is 0 Å². The minimum Gasteiger partial charge on any atom is -0.344 e. The number of rotatable bonds is 4. The Morgan fingerprint density at radius 3 is 2.76 bits per heavy atom. The first kappa shape index (κ1) is 17.0. The Kier molecular flexibility index (Phi) is 4.75. The molecule has 0 saturated carbocycles. The average molecular weight is 331 g/mol. The highest BCUT2D eigenvalue weighted by molar-refractivity contribution is 5.77. The summed E-state index contributed by atoms with van der Waals surface area (Å²) in [6.45, 7) is 15.5. The third kappa shape index (κ3) is 3.50. The molecule has 128 valence electrons. The molecule has 0 aromatic carbocycles. The van der Waals surface area contributed by atoms with Crippen molar-refractivity contribution in [3.05, 3.63) is 89.8 Å².